The lowest BCUT2D eigenvalue weighted by molar-refractivity contribution is 0.185. The summed E-state index contributed by atoms with van der Waals surface area (Å²) in [6, 6.07) is 16.8. The Morgan fingerprint density at radius 2 is 2.12 bits per heavy atom. The zero-order chi connectivity index (χ0) is 22.5. The fourth-order valence-electron chi connectivity index (χ4n) is 3.70. The third kappa shape index (κ3) is 4.98. The Morgan fingerprint density at radius 3 is 2.91 bits per heavy atom. The van der Waals surface area contributed by atoms with Crippen LogP contribution >= 0.6 is 11.5 Å². The minimum Gasteiger partial charge on any atom is -0.497 e. The molecule has 0 saturated carbocycles. The van der Waals surface area contributed by atoms with E-state index >= 15 is 0 Å². The largest absolute Gasteiger partial charge is 0.497 e. The maximum Gasteiger partial charge on any atom is 0.322 e. The molecule has 2 amide bonds. The van der Waals surface area contributed by atoms with Crippen LogP contribution in [0, 0.1) is 11.3 Å². The number of nitriles is 1. The summed E-state index contributed by atoms with van der Waals surface area (Å²) >= 11 is 1.39. The molecule has 8 nitrogen and oxygen atoms in total. The number of benzene rings is 2. The van der Waals surface area contributed by atoms with Crippen molar-refractivity contribution in [1.82, 2.24) is 14.3 Å². The number of rotatable bonds is 5. The summed E-state index contributed by atoms with van der Waals surface area (Å²) in [4.78, 5) is 21.5. The molecule has 1 atom stereocenters. The van der Waals surface area contributed by atoms with E-state index in [1.165, 1.54) is 11.5 Å². The molecule has 1 saturated heterocycles. The molecular weight excluding hydrogens is 424 g/mol. The van der Waals surface area contributed by atoms with Crippen molar-refractivity contribution < 1.29 is 9.53 Å². The quantitative estimate of drug-likeness (QED) is 0.639. The van der Waals surface area contributed by atoms with Crippen molar-refractivity contribution in [3.8, 4) is 11.8 Å². The average Bonchev–Trinajstić information content (AvgIpc) is 3.27. The van der Waals surface area contributed by atoms with Crippen LogP contribution < -0.4 is 15.0 Å². The van der Waals surface area contributed by atoms with E-state index in [0.717, 1.165) is 22.3 Å². The van der Waals surface area contributed by atoms with Gasteiger partial charge < -0.3 is 19.9 Å². The monoisotopic (exact) mass is 448 g/mol. The van der Waals surface area contributed by atoms with E-state index in [1.54, 1.807) is 31.4 Å². The zero-order valence-corrected chi connectivity index (χ0v) is 18.8. The molecule has 164 valence electrons. The third-order valence-electron chi connectivity index (χ3n) is 5.36. The highest BCUT2D eigenvalue weighted by Gasteiger charge is 2.29. The van der Waals surface area contributed by atoms with Crippen molar-refractivity contribution in [3.63, 3.8) is 0 Å². The van der Waals surface area contributed by atoms with Crippen molar-refractivity contribution in [2.45, 2.75) is 19.4 Å². The molecule has 1 aliphatic heterocycles. The normalized spacial score (nSPS) is 15.8. The molecule has 2 aromatic carbocycles. The fourth-order valence-corrected chi connectivity index (χ4v) is 4.42. The van der Waals surface area contributed by atoms with Crippen molar-refractivity contribution in [3.05, 3.63) is 65.5 Å². The lowest BCUT2D eigenvalue weighted by Gasteiger charge is -2.39. The number of amides is 2. The van der Waals surface area contributed by atoms with Gasteiger partial charge in [-0.15, -0.1) is 0 Å². The second-order valence-corrected chi connectivity index (χ2v) is 8.36. The molecule has 1 unspecified atom stereocenters. The number of hydrogen-bond donors (Lipinski definition) is 1. The number of nitrogens with zero attached hydrogens (tertiary/aromatic N) is 5. The molecule has 1 aliphatic rings. The molecule has 32 heavy (non-hydrogen) atoms. The number of ether oxygens (including phenoxy) is 1. The summed E-state index contributed by atoms with van der Waals surface area (Å²) in [5.41, 5.74) is 2.24. The van der Waals surface area contributed by atoms with Gasteiger partial charge in [0.15, 0.2) is 0 Å². The summed E-state index contributed by atoms with van der Waals surface area (Å²) in [6.07, 6.45) is 0.646. The van der Waals surface area contributed by atoms with Gasteiger partial charge in [0.05, 0.1) is 18.7 Å². The summed E-state index contributed by atoms with van der Waals surface area (Å²) in [5.74, 6) is 1.60. The highest BCUT2D eigenvalue weighted by Crippen LogP contribution is 2.24. The van der Waals surface area contributed by atoms with Gasteiger partial charge in [0.2, 0.25) is 5.13 Å². The Hall–Kier alpha value is -3.64. The summed E-state index contributed by atoms with van der Waals surface area (Å²) in [7, 11) is 1.66. The Morgan fingerprint density at radius 1 is 1.28 bits per heavy atom. The number of anilines is 2. The van der Waals surface area contributed by atoms with Gasteiger partial charge in [-0.25, -0.2) is 9.78 Å². The van der Waals surface area contributed by atoms with Gasteiger partial charge in [-0.05, 0) is 42.8 Å². The Balaban J connectivity index is 1.36. The first-order chi connectivity index (χ1) is 15.6. The van der Waals surface area contributed by atoms with Crippen LogP contribution in [0.3, 0.4) is 0 Å². The molecule has 0 radical (unpaired) electrons. The van der Waals surface area contributed by atoms with Gasteiger partial charge in [-0.3, -0.25) is 0 Å². The average molecular weight is 449 g/mol. The maximum atomic E-state index is 12.8. The van der Waals surface area contributed by atoms with Gasteiger partial charge in [-0.2, -0.15) is 9.64 Å². The van der Waals surface area contributed by atoms with E-state index in [2.05, 4.69) is 20.7 Å². The Labute approximate surface area is 191 Å². The molecule has 0 spiro atoms. The first-order valence-electron chi connectivity index (χ1n) is 10.3. The van der Waals surface area contributed by atoms with Crippen molar-refractivity contribution in [2.24, 2.45) is 0 Å². The molecule has 3 aromatic rings. The first-order valence-corrected chi connectivity index (χ1v) is 11.1. The van der Waals surface area contributed by atoms with E-state index in [4.69, 9.17) is 15.0 Å². The van der Waals surface area contributed by atoms with Crippen LogP contribution in [-0.4, -0.2) is 53.1 Å². The predicted molar refractivity (Wildman–Crippen MR) is 124 cm³/mol. The van der Waals surface area contributed by atoms with E-state index in [0.29, 0.717) is 37.3 Å². The number of methoxy groups -OCH3 is 1. The topological polar surface area (TPSA) is 94.4 Å². The number of aromatic nitrogens is 2. The fraction of sp³-hybridized carbons (Fsp3) is 0.304. The SMILES string of the molecule is COc1cccc(Cc2nsc(N3CCN(C(=O)Nc4cccc(C#N)c4)C(C)C3)n2)c1. The van der Waals surface area contributed by atoms with E-state index in [1.807, 2.05) is 36.1 Å². The van der Waals surface area contributed by atoms with Crippen LogP contribution in [0.5, 0.6) is 5.75 Å². The summed E-state index contributed by atoms with van der Waals surface area (Å²) < 4.78 is 9.81. The second kappa shape index (κ2) is 9.66. The van der Waals surface area contributed by atoms with E-state index in [-0.39, 0.29) is 12.1 Å². The van der Waals surface area contributed by atoms with Crippen molar-refractivity contribution in [2.75, 3.05) is 37.0 Å². The molecule has 1 aromatic heterocycles. The molecule has 9 heteroatoms. The van der Waals surface area contributed by atoms with Crippen molar-refractivity contribution in [1.29, 1.82) is 5.26 Å². The Bertz CT molecular complexity index is 1140. The van der Waals surface area contributed by atoms with E-state index < -0.39 is 0 Å². The van der Waals surface area contributed by atoms with Crippen LogP contribution in [0.25, 0.3) is 0 Å². The molecule has 2 heterocycles. The van der Waals surface area contributed by atoms with Crippen molar-refractivity contribution >= 4 is 28.4 Å². The highest BCUT2D eigenvalue weighted by atomic mass is 32.1. The van der Waals surface area contributed by atoms with Gasteiger partial charge in [0, 0.05) is 49.3 Å². The second-order valence-electron chi connectivity index (χ2n) is 7.63. The lowest BCUT2D eigenvalue weighted by Crippen LogP contribution is -2.55. The highest BCUT2D eigenvalue weighted by molar-refractivity contribution is 7.09. The summed E-state index contributed by atoms with van der Waals surface area (Å²) in [6.45, 7) is 3.97. The molecule has 4 rings (SSSR count). The zero-order valence-electron chi connectivity index (χ0n) is 18.0. The number of hydrogen-bond acceptors (Lipinski definition) is 7. The molecular formula is C23H24N6O2S. The van der Waals surface area contributed by atoms with Gasteiger partial charge in [0.25, 0.3) is 0 Å². The molecule has 1 fully saturated rings. The Kier molecular flexibility index (Phi) is 6.52. The first kappa shape index (κ1) is 21.6. The van der Waals surface area contributed by atoms with Gasteiger partial charge >= 0.3 is 6.03 Å². The maximum absolute atomic E-state index is 12.8. The van der Waals surface area contributed by atoms with Crippen LogP contribution in [0.15, 0.2) is 48.5 Å². The summed E-state index contributed by atoms with van der Waals surface area (Å²) in [5, 5.41) is 12.8. The van der Waals surface area contributed by atoms with Gasteiger partial charge in [-0.1, -0.05) is 18.2 Å². The van der Waals surface area contributed by atoms with Crippen LogP contribution in [0.1, 0.15) is 23.9 Å². The minimum absolute atomic E-state index is 0.00799. The van der Waals surface area contributed by atoms with E-state index in [9.17, 15) is 4.79 Å². The third-order valence-corrected chi connectivity index (χ3v) is 6.17. The lowest BCUT2D eigenvalue weighted by atomic mass is 10.1. The van der Waals surface area contributed by atoms with Crippen LogP contribution in [-0.2, 0) is 6.42 Å². The number of urea groups is 1. The number of nitrogens with one attached hydrogen (secondary N) is 1. The number of piperazine rings is 1. The standard InChI is InChI=1S/C23H24N6O2S/c1-16-15-28(9-10-29(16)22(30)25-19-7-3-6-18(11-19)14-24)23-26-21(27-32-23)13-17-5-4-8-20(12-17)31-2/h3-8,11-12,16H,9-10,13,15H2,1-2H3,(H,25,30). The predicted octanol–water partition coefficient (Wildman–Crippen LogP) is 3.75. The minimum atomic E-state index is -0.164. The molecule has 0 bridgehead atoms. The van der Waals surface area contributed by atoms with Crippen LogP contribution in [0.2, 0.25) is 0 Å². The number of carbonyl (C=O) groups is 1. The smallest absolute Gasteiger partial charge is 0.322 e. The molecule has 1 N–H and O–H groups in total. The van der Waals surface area contributed by atoms with Gasteiger partial charge in [0.1, 0.15) is 11.6 Å². The molecule has 0 aliphatic carbocycles. The number of carbonyl (C=O) groups excluding carboxylic acids is 1. The van der Waals surface area contributed by atoms with Crippen LogP contribution in [0.4, 0.5) is 15.6 Å².